The van der Waals surface area contributed by atoms with Crippen molar-refractivity contribution in [1.29, 1.82) is 0 Å². The SMILES string of the molecule is COc1ccc(C(=O)NCC#CCOc2ccc(F)cc2F)cc1OC. The number of amides is 1. The molecule has 0 aliphatic rings. The minimum atomic E-state index is -0.798. The Labute approximate surface area is 149 Å². The summed E-state index contributed by atoms with van der Waals surface area (Å²) in [6.45, 7) is -0.00276. The van der Waals surface area contributed by atoms with Crippen molar-refractivity contribution >= 4 is 5.91 Å². The topological polar surface area (TPSA) is 56.8 Å². The molecule has 0 spiro atoms. The van der Waals surface area contributed by atoms with Gasteiger partial charge in [0.25, 0.3) is 5.91 Å². The minimum absolute atomic E-state index is 0.0858. The number of carbonyl (C=O) groups is 1. The Morgan fingerprint density at radius 1 is 1.00 bits per heavy atom. The van der Waals surface area contributed by atoms with Gasteiger partial charge in [-0.05, 0) is 30.3 Å². The maximum Gasteiger partial charge on any atom is 0.252 e. The number of nitrogens with one attached hydrogen (secondary N) is 1. The van der Waals surface area contributed by atoms with E-state index in [1.807, 2.05) is 0 Å². The average molecular weight is 361 g/mol. The number of ether oxygens (including phenoxy) is 3. The predicted octanol–water partition coefficient (Wildman–Crippen LogP) is 2.79. The molecule has 0 fully saturated rings. The molecule has 5 nitrogen and oxygen atoms in total. The van der Waals surface area contributed by atoms with E-state index in [0.29, 0.717) is 17.1 Å². The summed E-state index contributed by atoms with van der Waals surface area (Å²) >= 11 is 0. The van der Waals surface area contributed by atoms with Gasteiger partial charge in [0.05, 0.1) is 20.8 Å². The number of halogens is 2. The lowest BCUT2D eigenvalue weighted by Gasteiger charge is -2.09. The second kappa shape index (κ2) is 9.28. The van der Waals surface area contributed by atoms with Crippen LogP contribution in [0.4, 0.5) is 8.78 Å². The standard InChI is InChI=1S/C19H17F2NO4/c1-24-17-7-5-13(11-18(17)25-2)19(23)22-9-3-4-10-26-16-8-6-14(20)12-15(16)21/h5-8,11-12H,9-10H2,1-2H3,(H,22,23). The van der Waals surface area contributed by atoms with Crippen molar-refractivity contribution in [2.45, 2.75) is 0 Å². The van der Waals surface area contributed by atoms with Crippen LogP contribution in [0.5, 0.6) is 17.2 Å². The maximum atomic E-state index is 13.3. The van der Waals surface area contributed by atoms with E-state index in [2.05, 4.69) is 17.2 Å². The highest BCUT2D eigenvalue weighted by molar-refractivity contribution is 5.95. The average Bonchev–Trinajstić information content (AvgIpc) is 2.65. The van der Waals surface area contributed by atoms with Crippen LogP contribution in [0.3, 0.4) is 0 Å². The minimum Gasteiger partial charge on any atom is -0.493 e. The van der Waals surface area contributed by atoms with Gasteiger partial charge < -0.3 is 19.5 Å². The van der Waals surface area contributed by atoms with Gasteiger partial charge in [-0.3, -0.25) is 4.79 Å². The van der Waals surface area contributed by atoms with Crippen molar-refractivity contribution in [2.24, 2.45) is 0 Å². The third kappa shape index (κ3) is 5.11. The summed E-state index contributed by atoms with van der Waals surface area (Å²) in [6.07, 6.45) is 0. The fraction of sp³-hybridized carbons (Fsp3) is 0.211. The molecule has 0 bridgehead atoms. The smallest absolute Gasteiger partial charge is 0.252 e. The van der Waals surface area contributed by atoms with Gasteiger partial charge >= 0.3 is 0 Å². The number of carbonyl (C=O) groups excluding carboxylic acids is 1. The van der Waals surface area contributed by atoms with E-state index >= 15 is 0 Å². The molecule has 0 aromatic heterocycles. The van der Waals surface area contributed by atoms with E-state index in [1.54, 1.807) is 18.2 Å². The van der Waals surface area contributed by atoms with Crippen molar-refractivity contribution in [3.05, 3.63) is 53.6 Å². The molecule has 0 radical (unpaired) electrons. The highest BCUT2D eigenvalue weighted by Gasteiger charge is 2.09. The molecule has 2 aromatic carbocycles. The zero-order valence-electron chi connectivity index (χ0n) is 14.3. The largest absolute Gasteiger partial charge is 0.493 e. The first-order valence-electron chi connectivity index (χ1n) is 7.59. The van der Waals surface area contributed by atoms with Crippen LogP contribution >= 0.6 is 0 Å². The van der Waals surface area contributed by atoms with E-state index in [9.17, 15) is 13.6 Å². The molecule has 0 saturated heterocycles. The lowest BCUT2D eigenvalue weighted by atomic mass is 10.2. The van der Waals surface area contributed by atoms with Crippen LogP contribution in [0.15, 0.2) is 36.4 Å². The first kappa shape index (κ1) is 19.1. The summed E-state index contributed by atoms with van der Waals surface area (Å²) in [4.78, 5) is 12.1. The summed E-state index contributed by atoms with van der Waals surface area (Å²) < 4.78 is 41.4. The van der Waals surface area contributed by atoms with Crippen molar-refractivity contribution < 1.29 is 27.8 Å². The second-order valence-electron chi connectivity index (χ2n) is 4.97. The molecule has 1 N–H and O–H groups in total. The molecular formula is C19H17F2NO4. The Morgan fingerprint density at radius 2 is 1.73 bits per heavy atom. The number of hydrogen-bond acceptors (Lipinski definition) is 4. The van der Waals surface area contributed by atoms with Crippen LogP contribution in [-0.2, 0) is 0 Å². The quantitative estimate of drug-likeness (QED) is 0.804. The molecule has 0 saturated carbocycles. The summed E-state index contributed by atoms with van der Waals surface area (Å²) in [5, 5.41) is 2.62. The van der Waals surface area contributed by atoms with E-state index < -0.39 is 11.6 Å². The predicted molar refractivity (Wildman–Crippen MR) is 91.5 cm³/mol. The highest BCUT2D eigenvalue weighted by atomic mass is 19.1. The Balaban J connectivity index is 1.82. The molecule has 136 valence electrons. The Morgan fingerprint density at radius 3 is 2.42 bits per heavy atom. The third-order valence-corrected chi connectivity index (χ3v) is 3.30. The molecule has 0 unspecified atom stereocenters. The summed E-state index contributed by atoms with van der Waals surface area (Å²) in [6, 6.07) is 7.80. The molecule has 0 heterocycles. The number of benzene rings is 2. The lowest BCUT2D eigenvalue weighted by molar-refractivity contribution is 0.0958. The van der Waals surface area contributed by atoms with Gasteiger partial charge in [-0.1, -0.05) is 11.8 Å². The fourth-order valence-electron chi connectivity index (χ4n) is 2.02. The Bertz CT molecular complexity index is 843. The van der Waals surface area contributed by atoms with E-state index in [-0.39, 0.29) is 24.8 Å². The molecule has 0 aliphatic heterocycles. The van der Waals surface area contributed by atoms with Crippen LogP contribution in [0.1, 0.15) is 10.4 Å². The Kier molecular flexibility index (Phi) is 6.80. The molecule has 0 aliphatic carbocycles. The number of methoxy groups -OCH3 is 2. The fourth-order valence-corrected chi connectivity index (χ4v) is 2.02. The molecule has 2 rings (SSSR count). The number of rotatable bonds is 6. The van der Waals surface area contributed by atoms with Crippen LogP contribution in [0, 0.1) is 23.5 Å². The second-order valence-corrected chi connectivity index (χ2v) is 4.97. The Hall–Kier alpha value is -3.27. The van der Waals surface area contributed by atoms with Gasteiger partial charge in [0.2, 0.25) is 0 Å². The summed E-state index contributed by atoms with van der Waals surface area (Å²) in [7, 11) is 2.99. The molecule has 7 heteroatoms. The van der Waals surface area contributed by atoms with Crippen molar-refractivity contribution in [2.75, 3.05) is 27.4 Å². The lowest BCUT2D eigenvalue weighted by Crippen LogP contribution is -2.23. The van der Waals surface area contributed by atoms with Crippen molar-refractivity contribution in [3.8, 4) is 29.1 Å². The molecule has 2 aromatic rings. The van der Waals surface area contributed by atoms with Crippen LogP contribution < -0.4 is 19.5 Å². The highest BCUT2D eigenvalue weighted by Crippen LogP contribution is 2.27. The van der Waals surface area contributed by atoms with E-state index in [4.69, 9.17) is 14.2 Å². The van der Waals surface area contributed by atoms with E-state index in [0.717, 1.165) is 12.1 Å². The molecule has 0 atom stereocenters. The normalized spacial score (nSPS) is 9.69. The van der Waals surface area contributed by atoms with Crippen molar-refractivity contribution in [1.82, 2.24) is 5.32 Å². The third-order valence-electron chi connectivity index (χ3n) is 3.30. The molecule has 26 heavy (non-hydrogen) atoms. The first-order valence-corrected chi connectivity index (χ1v) is 7.59. The summed E-state index contributed by atoms with van der Waals surface area (Å²) in [5.74, 6) is 4.38. The van der Waals surface area contributed by atoms with Gasteiger partial charge in [0, 0.05) is 11.6 Å². The number of hydrogen-bond donors (Lipinski definition) is 1. The van der Waals surface area contributed by atoms with Gasteiger partial charge in [-0.15, -0.1) is 0 Å². The van der Waals surface area contributed by atoms with Gasteiger partial charge in [-0.25, -0.2) is 8.78 Å². The monoisotopic (exact) mass is 361 g/mol. The van der Waals surface area contributed by atoms with Crippen LogP contribution in [0.25, 0.3) is 0 Å². The maximum absolute atomic E-state index is 13.3. The van der Waals surface area contributed by atoms with Crippen LogP contribution in [0.2, 0.25) is 0 Å². The van der Waals surface area contributed by atoms with Crippen LogP contribution in [-0.4, -0.2) is 33.3 Å². The molecule has 1 amide bonds. The first-order chi connectivity index (χ1) is 12.5. The molecular weight excluding hydrogens is 344 g/mol. The van der Waals surface area contributed by atoms with Gasteiger partial charge in [0.15, 0.2) is 23.1 Å². The van der Waals surface area contributed by atoms with Crippen molar-refractivity contribution in [3.63, 3.8) is 0 Å². The van der Waals surface area contributed by atoms with Gasteiger partial charge in [0.1, 0.15) is 12.4 Å². The van der Waals surface area contributed by atoms with E-state index in [1.165, 1.54) is 20.3 Å². The summed E-state index contributed by atoms with van der Waals surface area (Å²) in [5.41, 5.74) is 0.397. The zero-order chi connectivity index (χ0) is 18.9. The van der Waals surface area contributed by atoms with Gasteiger partial charge in [-0.2, -0.15) is 0 Å². The zero-order valence-corrected chi connectivity index (χ0v) is 14.3.